The average molecular weight is 185 g/mol. The Kier molecular flexibility index (Phi) is 2.58. The highest BCUT2D eigenvalue weighted by Gasteiger charge is 2.42. The van der Waals surface area contributed by atoms with Crippen LogP contribution in [-0.4, -0.2) is 37.0 Å². The van der Waals surface area contributed by atoms with Crippen LogP contribution in [0.5, 0.6) is 0 Å². The number of aliphatic hydroxyl groups is 1. The van der Waals surface area contributed by atoms with Crippen molar-refractivity contribution in [2.75, 3.05) is 19.8 Å². The van der Waals surface area contributed by atoms with Gasteiger partial charge in [0.25, 0.3) is 0 Å². The normalized spacial score (nSPS) is 36.5. The molecule has 1 aliphatic carbocycles. The Bertz CT molecular complexity index is 180. The second kappa shape index (κ2) is 3.56. The van der Waals surface area contributed by atoms with Gasteiger partial charge in [-0.05, 0) is 26.2 Å². The minimum Gasteiger partial charge on any atom is -0.396 e. The molecule has 0 amide bonds. The molecule has 3 heteroatoms. The van der Waals surface area contributed by atoms with Gasteiger partial charge in [0.1, 0.15) is 0 Å². The Morgan fingerprint density at radius 2 is 2.31 bits per heavy atom. The molecule has 76 valence electrons. The minimum absolute atomic E-state index is 0.225. The SMILES string of the molecule is CC1OCCC1NCC1(CO)CC1. The van der Waals surface area contributed by atoms with Crippen LogP contribution in [0.25, 0.3) is 0 Å². The molecule has 0 radical (unpaired) electrons. The summed E-state index contributed by atoms with van der Waals surface area (Å²) in [4.78, 5) is 0. The number of rotatable bonds is 4. The predicted octanol–water partition coefficient (Wildman–Crippen LogP) is 0.526. The van der Waals surface area contributed by atoms with E-state index in [4.69, 9.17) is 9.84 Å². The largest absolute Gasteiger partial charge is 0.396 e. The number of hydrogen-bond donors (Lipinski definition) is 2. The predicted molar refractivity (Wildman–Crippen MR) is 50.6 cm³/mol. The second-order valence-electron chi connectivity index (χ2n) is 4.51. The molecule has 2 unspecified atom stereocenters. The van der Waals surface area contributed by atoms with E-state index in [1.54, 1.807) is 0 Å². The van der Waals surface area contributed by atoms with E-state index < -0.39 is 0 Å². The molecule has 0 aromatic rings. The van der Waals surface area contributed by atoms with Crippen LogP contribution in [0.15, 0.2) is 0 Å². The van der Waals surface area contributed by atoms with Gasteiger partial charge >= 0.3 is 0 Å². The van der Waals surface area contributed by atoms with Crippen LogP contribution < -0.4 is 5.32 Å². The van der Waals surface area contributed by atoms with Gasteiger partial charge < -0.3 is 15.2 Å². The van der Waals surface area contributed by atoms with Crippen molar-refractivity contribution in [1.82, 2.24) is 5.32 Å². The molecule has 1 saturated carbocycles. The summed E-state index contributed by atoms with van der Waals surface area (Å²) < 4.78 is 5.46. The molecule has 0 aromatic heterocycles. The van der Waals surface area contributed by atoms with Gasteiger partial charge in [-0.3, -0.25) is 0 Å². The molecule has 1 aliphatic heterocycles. The van der Waals surface area contributed by atoms with E-state index in [2.05, 4.69) is 12.2 Å². The molecule has 3 nitrogen and oxygen atoms in total. The highest BCUT2D eigenvalue weighted by Crippen LogP contribution is 2.44. The van der Waals surface area contributed by atoms with E-state index in [9.17, 15) is 0 Å². The van der Waals surface area contributed by atoms with Crippen LogP contribution in [-0.2, 0) is 4.74 Å². The standard InChI is InChI=1S/C10H19NO2/c1-8-9(2-5-13-8)11-6-10(7-12)3-4-10/h8-9,11-12H,2-7H2,1H3. The summed E-state index contributed by atoms with van der Waals surface area (Å²) in [6.07, 6.45) is 3.81. The topological polar surface area (TPSA) is 41.5 Å². The lowest BCUT2D eigenvalue weighted by atomic mass is 10.1. The van der Waals surface area contributed by atoms with E-state index in [0.29, 0.717) is 18.8 Å². The van der Waals surface area contributed by atoms with Crippen LogP contribution in [0.4, 0.5) is 0 Å². The Hall–Kier alpha value is -0.120. The van der Waals surface area contributed by atoms with Crippen molar-refractivity contribution in [2.45, 2.75) is 38.3 Å². The molecule has 0 bridgehead atoms. The van der Waals surface area contributed by atoms with Crippen LogP contribution in [0, 0.1) is 5.41 Å². The van der Waals surface area contributed by atoms with Crippen LogP contribution >= 0.6 is 0 Å². The average Bonchev–Trinajstić information content (AvgIpc) is 2.82. The number of hydrogen-bond acceptors (Lipinski definition) is 3. The van der Waals surface area contributed by atoms with Gasteiger partial charge in [0.2, 0.25) is 0 Å². The van der Waals surface area contributed by atoms with Gasteiger partial charge in [0.05, 0.1) is 6.10 Å². The fourth-order valence-electron chi connectivity index (χ4n) is 1.91. The zero-order chi connectivity index (χ0) is 9.31. The molecule has 0 aromatic carbocycles. The molecule has 2 atom stereocenters. The number of nitrogens with one attached hydrogen (secondary N) is 1. The first-order valence-corrected chi connectivity index (χ1v) is 5.22. The van der Waals surface area contributed by atoms with Gasteiger partial charge in [-0.15, -0.1) is 0 Å². The smallest absolute Gasteiger partial charge is 0.0700 e. The van der Waals surface area contributed by atoms with Gasteiger partial charge in [-0.1, -0.05) is 0 Å². The van der Waals surface area contributed by atoms with Crippen molar-refractivity contribution in [1.29, 1.82) is 0 Å². The van der Waals surface area contributed by atoms with Crippen molar-refractivity contribution in [3.63, 3.8) is 0 Å². The molecule has 2 aliphatic rings. The second-order valence-corrected chi connectivity index (χ2v) is 4.51. The Morgan fingerprint density at radius 1 is 1.54 bits per heavy atom. The Balaban J connectivity index is 1.73. The molecule has 1 heterocycles. The lowest BCUT2D eigenvalue weighted by Gasteiger charge is -2.19. The summed E-state index contributed by atoms with van der Waals surface area (Å²) in [7, 11) is 0. The van der Waals surface area contributed by atoms with Crippen molar-refractivity contribution >= 4 is 0 Å². The van der Waals surface area contributed by atoms with Crippen molar-refractivity contribution in [2.24, 2.45) is 5.41 Å². The summed E-state index contributed by atoms with van der Waals surface area (Å²) in [6.45, 7) is 4.29. The molecular formula is C10H19NO2. The minimum atomic E-state index is 0.225. The summed E-state index contributed by atoms with van der Waals surface area (Å²) in [5.41, 5.74) is 0.225. The van der Waals surface area contributed by atoms with Crippen LogP contribution in [0.1, 0.15) is 26.2 Å². The van der Waals surface area contributed by atoms with Gasteiger partial charge in [0, 0.05) is 31.2 Å². The van der Waals surface area contributed by atoms with E-state index in [-0.39, 0.29) is 5.41 Å². The maximum Gasteiger partial charge on any atom is 0.0700 e. The van der Waals surface area contributed by atoms with Crippen molar-refractivity contribution in [3.8, 4) is 0 Å². The third-order valence-electron chi connectivity index (χ3n) is 3.41. The number of aliphatic hydroxyl groups excluding tert-OH is 1. The molecule has 0 spiro atoms. The Labute approximate surface area is 79.5 Å². The lowest BCUT2D eigenvalue weighted by Crippen LogP contribution is -2.39. The zero-order valence-corrected chi connectivity index (χ0v) is 8.25. The zero-order valence-electron chi connectivity index (χ0n) is 8.25. The van der Waals surface area contributed by atoms with Gasteiger partial charge in [-0.2, -0.15) is 0 Å². The first-order valence-electron chi connectivity index (χ1n) is 5.22. The molecule has 1 saturated heterocycles. The summed E-state index contributed by atoms with van der Waals surface area (Å²) >= 11 is 0. The van der Waals surface area contributed by atoms with E-state index >= 15 is 0 Å². The highest BCUT2D eigenvalue weighted by molar-refractivity contribution is 4.95. The molecular weight excluding hydrogens is 166 g/mol. The van der Waals surface area contributed by atoms with E-state index in [1.807, 2.05) is 0 Å². The molecule has 2 fully saturated rings. The third-order valence-corrected chi connectivity index (χ3v) is 3.41. The van der Waals surface area contributed by atoms with Crippen molar-refractivity contribution < 1.29 is 9.84 Å². The Morgan fingerprint density at radius 3 is 2.77 bits per heavy atom. The summed E-state index contributed by atoms with van der Waals surface area (Å²) in [5, 5.41) is 12.6. The first kappa shape index (κ1) is 9.44. The molecule has 2 rings (SSSR count). The fraction of sp³-hybridized carbons (Fsp3) is 1.00. The van der Waals surface area contributed by atoms with E-state index in [1.165, 1.54) is 12.8 Å². The quantitative estimate of drug-likeness (QED) is 0.671. The van der Waals surface area contributed by atoms with E-state index in [0.717, 1.165) is 19.6 Å². The highest BCUT2D eigenvalue weighted by atomic mass is 16.5. The van der Waals surface area contributed by atoms with Gasteiger partial charge in [-0.25, -0.2) is 0 Å². The van der Waals surface area contributed by atoms with Gasteiger partial charge in [0.15, 0.2) is 0 Å². The first-order chi connectivity index (χ1) is 6.26. The molecule has 13 heavy (non-hydrogen) atoms. The van der Waals surface area contributed by atoms with Crippen molar-refractivity contribution in [3.05, 3.63) is 0 Å². The molecule has 2 N–H and O–H groups in total. The lowest BCUT2D eigenvalue weighted by molar-refractivity contribution is 0.110. The fourth-order valence-corrected chi connectivity index (χ4v) is 1.91. The third kappa shape index (κ3) is 2.03. The number of ether oxygens (including phenoxy) is 1. The van der Waals surface area contributed by atoms with Crippen LogP contribution in [0.3, 0.4) is 0 Å². The van der Waals surface area contributed by atoms with Crippen LogP contribution in [0.2, 0.25) is 0 Å². The maximum atomic E-state index is 9.13. The summed E-state index contributed by atoms with van der Waals surface area (Å²) in [5.74, 6) is 0. The maximum absolute atomic E-state index is 9.13. The summed E-state index contributed by atoms with van der Waals surface area (Å²) in [6, 6.07) is 0.504. The monoisotopic (exact) mass is 185 g/mol.